The number of carbonyl (C=O) groups is 2. The first-order valence-corrected chi connectivity index (χ1v) is 10.9. The van der Waals surface area contributed by atoms with E-state index in [2.05, 4.69) is 14.9 Å². The van der Waals surface area contributed by atoms with Crippen molar-refractivity contribution in [1.29, 1.82) is 0 Å². The monoisotopic (exact) mass is 429 g/mol. The minimum atomic E-state index is -0.212. The molecule has 2 aromatic heterocycles. The molecule has 0 spiro atoms. The quantitative estimate of drug-likeness (QED) is 0.627. The van der Waals surface area contributed by atoms with Crippen LogP contribution in [0.2, 0.25) is 0 Å². The van der Waals surface area contributed by atoms with Gasteiger partial charge in [0.15, 0.2) is 0 Å². The zero-order valence-electron chi connectivity index (χ0n) is 18.3. The van der Waals surface area contributed by atoms with Gasteiger partial charge in [-0.3, -0.25) is 24.1 Å². The van der Waals surface area contributed by atoms with Crippen LogP contribution in [0.15, 0.2) is 35.1 Å². The molecule has 168 valence electrons. The fraction of sp³-hybridized carbons (Fsp3) is 0.591. The number of furan rings is 1. The second-order valence-corrected chi connectivity index (χ2v) is 8.37. The lowest BCUT2D eigenvalue weighted by molar-refractivity contribution is -0.149. The first-order valence-electron chi connectivity index (χ1n) is 10.9. The van der Waals surface area contributed by atoms with Gasteiger partial charge in [-0.25, -0.2) is 0 Å². The number of nitrogens with zero attached hydrogens (tertiary/aromatic N) is 5. The van der Waals surface area contributed by atoms with Gasteiger partial charge in [-0.15, -0.1) is 0 Å². The smallest absolute Gasteiger partial charge is 0.311 e. The van der Waals surface area contributed by atoms with Crippen LogP contribution in [0, 0.1) is 5.92 Å². The van der Waals surface area contributed by atoms with Crippen molar-refractivity contribution in [3.63, 3.8) is 0 Å². The third-order valence-corrected chi connectivity index (χ3v) is 6.04. The van der Waals surface area contributed by atoms with E-state index in [1.54, 1.807) is 10.9 Å². The molecule has 4 rings (SSSR count). The van der Waals surface area contributed by atoms with Crippen molar-refractivity contribution < 1.29 is 18.7 Å². The number of rotatable bonds is 6. The van der Waals surface area contributed by atoms with E-state index in [1.807, 2.05) is 43.3 Å². The van der Waals surface area contributed by atoms with Gasteiger partial charge in [-0.1, -0.05) is 0 Å². The largest absolute Gasteiger partial charge is 0.468 e. The van der Waals surface area contributed by atoms with E-state index in [0.717, 1.165) is 24.5 Å². The Bertz CT molecular complexity index is 880. The van der Waals surface area contributed by atoms with E-state index in [-0.39, 0.29) is 23.8 Å². The van der Waals surface area contributed by atoms with E-state index >= 15 is 0 Å². The molecule has 2 saturated heterocycles. The van der Waals surface area contributed by atoms with Gasteiger partial charge in [0, 0.05) is 58.6 Å². The molecule has 9 heteroatoms. The molecule has 2 aliphatic rings. The Balaban J connectivity index is 1.45. The van der Waals surface area contributed by atoms with Crippen LogP contribution in [0.1, 0.15) is 18.4 Å². The van der Waals surface area contributed by atoms with Gasteiger partial charge in [0.2, 0.25) is 5.91 Å². The Hall–Kier alpha value is -2.65. The van der Waals surface area contributed by atoms with Crippen molar-refractivity contribution in [1.82, 2.24) is 24.5 Å². The van der Waals surface area contributed by atoms with Gasteiger partial charge in [-0.2, -0.15) is 5.10 Å². The van der Waals surface area contributed by atoms with Crippen LogP contribution in [-0.2, 0) is 34.3 Å². The van der Waals surface area contributed by atoms with E-state index in [4.69, 9.17) is 9.15 Å². The maximum absolute atomic E-state index is 12.9. The maximum Gasteiger partial charge on any atom is 0.311 e. The molecule has 0 aromatic carbocycles. The Morgan fingerprint density at radius 3 is 2.77 bits per heavy atom. The molecule has 2 aromatic rings. The molecule has 1 amide bonds. The highest BCUT2D eigenvalue weighted by Gasteiger charge is 2.38. The number of aromatic nitrogens is 2. The van der Waals surface area contributed by atoms with Crippen LogP contribution < -0.4 is 0 Å². The van der Waals surface area contributed by atoms with E-state index in [1.165, 1.54) is 0 Å². The number of ether oxygens (including phenoxy) is 1. The zero-order valence-corrected chi connectivity index (χ0v) is 18.3. The number of carbonyl (C=O) groups excluding carboxylic acids is 2. The van der Waals surface area contributed by atoms with Crippen LogP contribution >= 0.6 is 0 Å². The number of hydrogen-bond donors (Lipinski definition) is 0. The van der Waals surface area contributed by atoms with Crippen molar-refractivity contribution in [2.45, 2.75) is 25.9 Å². The Labute approximate surface area is 182 Å². The third kappa shape index (κ3) is 5.34. The highest BCUT2D eigenvalue weighted by Crippen LogP contribution is 2.22. The van der Waals surface area contributed by atoms with E-state index in [9.17, 15) is 9.59 Å². The van der Waals surface area contributed by atoms with Gasteiger partial charge in [0.1, 0.15) is 5.76 Å². The highest BCUT2D eigenvalue weighted by molar-refractivity contribution is 5.78. The minimum absolute atomic E-state index is 0.0992. The fourth-order valence-corrected chi connectivity index (χ4v) is 4.54. The van der Waals surface area contributed by atoms with Crippen molar-refractivity contribution in [3.05, 3.63) is 42.1 Å². The first kappa shape index (κ1) is 21.6. The number of aryl methyl sites for hydroxylation is 1. The predicted octanol–water partition coefficient (Wildman–Crippen LogP) is 0.764. The molecule has 2 aliphatic heterocycles. The summed E-state index contributed by atoms with van der Waals surface area (Å²) in [4.78, 5) is 32.0. The molecule has 2 atom stereocenters. The fourth-order valence-electron chi connectivity index (χ4n) is 4.54. The second-order valence-electron chi connectivity index (χ2n) is 8.37. The normalized spacial score (nSPS) is 22.7. The Morgan fingerprint density at radius 1 is 1.19 bits per heavy atom. The first-order chi connectivity index (χ1) is 15.0. The molecule has 0 unspecified atom stereocenters. The van der Waals surface area contributed by atoms with Crippen LogP contribution in [0.25, 0.3) is 0 Å². The minimum Gasteiger partial charge on any atom is -0.468 e. The van der Waals surface area contributed by atoms with Crippen molar-refractivity contribution in [2.75, 3.05) is 45.9 Å². The summed E-state index contributed by atoms with van der Waals surface area (Å²) in [5, 5.41) is 4.33. The average molecular weight is 430 g/mol. The summed E-state index contributed by atoms with van der Waals surface area (Å²) in [6.45, 7) is 6.96. The van der Waals surface area contributed by atoms with Crippen LogP contribution in [0.3, 0.4) is 0 Å². The van der Waals surface area contributed by atoms with Gasteiger partial charge >= 0.3 is 5.97 Å². The molecular formula is C22H31N5O4. The van der Waals surface area contributed by atoms with Crippen molar-refractivity contribution in [3.8, 4) is 0 Å². The average Bonchev–Trinajstić information content (AvgIpc) is 3.35. The highest BCUT2D eigenvalue weighted by atomic mass is 16.5. The summed E-state index contributed by atoms with van der Waals surface area (Å²) in [7, 11) is 1.85. The lowest BCUT2D eigenvalue weighted by Gasteiger charge is -2.41. The molecule has 0 N–H and O–H groups in total. The lowest BCUT2D eigenvalue weighted by Crippen LogP contribution is -2.57. The molecule has 0 bridgehead atoms. The number of esters is 1. The SMILES string of the molecule is CCOC(=O)[C@H]1CN(Cc2ccco2)C[C@@H]2CN(C(=O)Cc3ccn(C)n3)CCN2C1. The molecule has 4 heterocycles. The third-order valence-electron chi connectivity index (χ3n) is 6.04. The topological polar surface area (TPSA) is 84.0 Å². The second kappa shape index (κ2) is 9.65. The molecule has 9 nitrogen and oxygen atoms in total. The van der Waals surface area contributed by atoms with Crippen LogP contribution in [0.4, 0.5) is 0 Å². The standard InChI is InChI=1S/C22H31N5O4/c1-3-30-22(29)17-12-25(16-20-5-4-10-31-20)14-19-15-27(9-8-26(19)13-17)21(28)11-18-6-7-24(2)23-18/h4-7,10,17,19H,3,8-9,11-16H2,1-2H3/t17-,19+/m0/s1. The van der Waals surface area contributed by atoms with Crippen molar-refractivity contribution >= 4 is 11.9 Å². The molecule has 0 saturated carbocycles. The van der Waals surface area contributed by atoms with E-state index in [0.29, 0.717) is 45.8 Å². The van der Waals surface area contributed by atoms with Crippen LogP contribution in [0.5, 0.6) is 0 Å². The summed E-state index contributed by atoms with van der Waals surface area (Å²) in [5.74, 6) is 0.606. The summed E-state index contributed by atoms with van der Waals surface area (Å²) in [6.07, 6.45) is 3.84. The van der Waals surface area contributed by atoms with Crippen LogP contribution in [-0.4, -0.2) is 88.3 Å². The molecule has 2 fully saturated rings. The van der Waals surface area contributed by atoms with Gasteiger partial charge < -0.3 is 14.1 Å². The number of fused-ring (bicyclic) bond motifs is 1. The number of amides is 1. The summed E-state index contributed by atoms with van der Waals surface area (Å²) >= 11 is 0. The lowest BCUT2D eigenvalue weighted by atomic mass is 10.1. The zero-order chi connectivity index (χ0) is 21.8. The number of hydrogen-bond acceptors (Lipinski definition) is 7. The predicted molar refractivity (Wildman–Crippen MR) is 113 cm³/mol. The Kier molecular flexibility index (Phi) is 6.72. The Morgan fingerprint density at radius 2 is 2.06 bits per heavy atom. The summed E-state index contributed by atoms with van der Waals surface area (Å²) < 4.78 is 12.6. The van der Waals surface area contributed by atoms with E-state index < -0.39 is 0 Å². The molecular weight excluding hydrogens is 398 g/mol. The summed E-state index contributed by atoms with van der Waals surface area (Å²) in [6, 6.07) is 5.87. The number of piperazine rings is 1. The molecule has 0 radical (unpaired) electrons. The molecule has 0 aliphatic carbocycles. The maximum atomic E-state index is 12.9. The van der Waals surface area contributed by atoms with Crippen molar-refractivity contribution in [2.24, 2.45) is 13.0 Å². The molecule has 31 heavy (non-hydrogen) atoms. The van der Waals surface area contributed by atoms with Gasteiger partial charge in [0.05, 0.1) is 37.4 Å². The van der Waals surface area contributed by atoms with Gasteiger partial charge in [-0.05, 0) is 25.1 Å². The summed E-state index contributed by atoms with van der Waals surface area (Å²) in [5.41, 5.74) is 0.789. The van der Waals surface area contributed by atoms with Gasteiger partial charge in [0.25, 0.3) is 0 Å².